The first kappa shape index (κ1) is 59.0. The lowest BCUT2D eigenvalue weighted by Crippen LogP contribution is -2.28. The summed E-state index contributed by atoms with van der Waals surface area (Å²) in [6.07, 6.45) is 78.3. The summed E-state index contributed by atoms with van der Waals surface area (Å²) in [6, 6.07) is 0. The van der Waals surface area contributed by atoms with Crippen molar-refractivity contribution in [3.8, 4) is 0 Å². The van der Waals surface area contributed by atoms with Crippen LogP contribution in [0.25, 0.3) is 0 Å². The number of rotatable bonds is 44. The second-order valence-electron chi connectivity index (χ2n) is 16.2. The van der Waals surface area contributed by atoms with Crippen LogP contribution < -0.4 is 0 Å². The predicted molar refractivity (Wildman–Crippen MR) is 274 cm³/mol. The fourth-order valence-electron chi connectivity index (χ4n) is 6.40. The number of carbonyl (C=O) groups excluding carboxylic acids is 2. The van der Waals surface area contributed by atoms with Gasteiger partial charge in [-0.3, -0.25) is 9.59 Å². The number of esters is 2. The molecule has 0 aliphatic heterocycles. The number of ether oxygens (including phenoxy) is 2. The van der Waals surface area contributed by atoms with E-state index in [4.69, 9.17) is 9.47 Å². The Morgan fingerprint density at radius 3 is 1.08 bits per heavy atom. The zero-order valence-electron chi connectivity index (χ0n) is 40.3. The normalized spacial score (nSPS) is 13.4. The summed E-state index contributed by atoms with van der Waals surface area (Å²) in [7, 11) is 0. The molecule has 63 heavy (non-hydrogen) atoms. The molecular weight excluding hydrogens is 777 g/mol. The highest BCUT2D eigenvalue weighted by atomic mass is 16.6. The molecule has 0 fully saturated rings. The van der Waals surface area contributed by atoms with Crippen molar-refractivity contribution in [1.82, 2.24) is 0 Å². The van der Waals surface area contributed by atoms with E-state index in [1.165, 1.54) is 64.2 Å². The van der Waals surface area contributed by atoms with Gasteiger partial charge in [0.2, 0.25) is 0 Å². The summed E-state index contributed by atoms with van der Waals surface area (Å²) in [5.41, 5.74) is 0. The van der Waals surface area contributed by atoms with Crippen molar-refractivity contribution in [1.29, 1.82) is 0 Å². The van der Waals surface area contributed by atoms with E-state index in [9.17, 15) is 14.7 Å². The molecule has 0 amide bonds. The van der Waals surface area contributed by atoms with Gasteiger partial charge in [0, 0.05) is 12.8 Å². The Bertz CT molecular complexity index is 1350. The molecule has 0 spiro atoms. The van der Waals surface area contributed by atoms with E-state index in [0.29, 0.717) is 12.8 Å². The van der Waals surface area contributed by atoms with E-state index < -0.39 is 6.10 Å². The van der Waals surface area contributed by atoms with Crippen molar-refractivity contribution in [2.45, 2.75) is 206 Å². The van der Waals surface area contributed by atoms with E-state index in [-0.39, 0.29) is 31.6 Å². The van der Waals surface area contributed by atoms with Crippen LogP contribution in [-0.2, 0) is 19.1 Å². The summed E-state index contributed by atoms with van der Waals surface area (Å²) in [5.74, 6) is -0.662. The number of hydrogen-bond acceptors (Lipinski definition) is 5. The maximum Gasteiger partial charge on any atom is 0.306 e. The van der Waals surface area contributed by atoms with Crippen molar-refractivity contribution < 1.29 is 24.2 Å². The molecule has 0 saturated carbocycles. The molecule has 1 unspecified atom stereocenters. The van der Waals surface area contributed by atoms with E-state index >= 15 is 0 Å². The highest BCUT2D eigenvalue weighted by Crippen LogP contribution is 2.12. The topological polar surface area (TPSA) is 72.8 Å². The van der Waals surface area contributed by atoms with Gasteiger partial charge in [0.1, 0.15) is 6.61 Å². The molecule has 0 bridgehead atoms. The van der Waals surface area contributed by atoms with Crippen LogP contribution in [0, 0.1) is 0 Å². The molecule has 0 aromatic heterocycles. The van der Waals surface area contributed by atoms with Gasteiger partial charge in [0.25, 0.3) is 0 Å². The Morgan fingerprint density at radius 1 is 0.381 bits per heavy atom. The first-order valence-electron chi connectivity index (χ1n) is 25.2. The third-order valence-electron chi connectivity index (χ3n) is 10.2. The van der Waals surface area contributed by atoms with Crippen molar-refractivity contribution in [3.63, 3.8) is 0 Å². The first-order chi connectivity index (χ1) is 31.1. The minimum Gasteiger partial charge on any atom is -0.462 e. The second kappa shape index (κ2) is 52.4. The molecule has 1 N–H and O–H groups in total. The highest BCUT2D eigenvalue weighted by molar-refractivity contribution is 5.70. The first-order valence-corrected chi connectivity index (χ1v) is 25.2. The van der Waals surface area contributed by atoms with E-state index in [0.717, 1.165) is 103 Å². The Kier molecular flexibility index (Phi) is 49.1. The quantitative estimate of drug-likeness (QED) is 0.0375. The molecule has 0 aliphatic rings. The Hall–Kier alpha value is -3.96. The molecule has 0 aliphatic carbocycles. The van der Waals surface area contributed by atoms with Crippen molar-refractivity contribution in [2.75, 3.05) is 13.2 Å². The summed E-state index contributed by atoms with van der Waals surface area (Å²) in [6.45, 7) is 3.97. The van der Waals surface area contributed by atoms with Gasteiger partial charge in [-0.25, -0.2) is 0 Å². The molecule has 0 aromatic carbocycles. The van der Waals surface area contributed by atoms with Crippen molar-refractivity contribution >= 4 is 11.9 Å². The monoisotopic (exact) mass is 869 g/mol. The largest absolute Gasteiger partial charge is 0.462 e. The van der Waals surface area contributed by atoms with Crippen molar-refractivity contribution in [2.24, 2.45) is 0 Å². The zero-order chi connectivity index (χ0) is 45.6. The molecule has 5 heteroatoms. The number of aliphatic hydroxyl groups excluding tert-OH is 1. The molecule has 1 atom stereocenters. The van der Waals surface area contributed by atoms with Gasteiger partial charge in [0.05, 0.1) is 6.61 Å². The van der Waals surface area contributed by atoms with E-state index in [1.54, 1.807) is 0 Å². The Morgan fingerprint density at radius 2 is 0.683 bits per heavy atom. The van der Waals surface area contributed by atoms with Gasteiger partial charge in [-0.2, -0.15) is 0 Å². The van der Waals surface area contributed by atoms with Crippen LogP contribution >= 0.6 is 0 Å². The number of allylic oxidation sites excluding steroid dienone is 22. The van der Waals surface area contributed by atoms with E-state index in [2.05, 4.69) is 148 Å². The maximum absolute atomic E-state index is 12.2. The lowest BCUT2D eigenvalue weighted by molar-refractivity contribution is -0.161. The molecular formula is C58H92O5. The Balaban J connectivity index is 3.71. The molecule has 354 valence electrons. The molecule has 0 heterocycles. The predicted octanol–water partition coefficient (Wildman–Crippen LogP) is 16.9. The van der Waals surface area contributed by atoms with Gasteiger partial charge in [0.15, 0.2) is 6.10 Å². The minimum atomic E-state index is -0.808. The summed E-state index contributed by atoms with van der Waals surface area (Å²) in [5, 5.41) is 9.60. The number of hydrogen-bond donors (Lipinski definition) is 1. The number of carbonyl (C=O) groups is 2. The van der Waals surface area contributed by atoms with Crippen LogP contribution in [0.5, 0.6) is 0 Å². The lowest BCUT2D eigenvalue weighted by Gasteiger charge is -2.15. The van der Waals surface area contributed by atoms with Crippen LogP contribution in [0.4, 0.5) is 0 Å². The number of aliphatic hydroxyl groups is 1. The molecule has 5 nitrogen and oxygen atoms in total. The van der Waals surface area contributed by atoms with Crippen LogP contribution in [0.2, 0.25) is 0 Å². The summed E-state index contributed by atoms with van der Waals surface area (Å²) in [4.78, 5) is 24.4. The van der Waals surface area contributed by atoms with Gasteiger partial charge < -0.3 is 14.6 Å². The maximum atomic E-state index is 12.2. The minimum absolute atomic E-state index is 0.0961. The third-order valence-corrected chi connectivity index (χ3v) is 10.2. The lowest BCUT2D eigenvalue weighted by atomic mass is 10.1. The average molecular weight is 869 g/mol. The van der Waals surface area contributed by atoms with Gasteiger partial charge >= 0.3 is 11.9 Å². The van der Waals surface area contributed by atoms with Crippen LogP contribution in [0.3, 0.4) is 0 Å². The van der Waals surface area contributed by atoms with Gasteiger partial charge in [-0.15, -0.1) is 0 Å². The van der Waals surface area contributed by atoms with Crippen LogP contribution in [-0.4, -0.2) is 36.4 Å². The smallest absolute Gasteiger partial charge is 0.306 e. The standard InChI is InChI=1S/C58H92O5/c1-3-5-7-9-11-13-15-17-19-21-22-23-24-25-26-27-28-29-30-31-32-33-34-35-36-37-39-41-43-45-47-49-51-53-58(61)63-56(54-59)55-62-57(60)52-50-48-46-44-42-40-38-20-18-16-14-12-10-8-6-4-2/h5,7,11,13,17,19-20,22-23,25-26,28-29,31-32,34-35,37-39,43,45,56,59H,3-4,6,8-10,12,14-16,18,21,24,27,30,33,36,40-42,44,46-55H2,1-2H3/b7-5-,13-11-,19-17-,23-22-,26-25-,29-28-,32-31-,35-34-,38-20-,39-37-,45-43-. The fourth-order valence-corrected chi connectivity index (χ4v) is 6.40. The van der Waals surface area contributed by atoms with E-state index in [1.807, 2.05) is 0 Å². The van der Waals surface area contributed by atoms with Crippen LogP contribution in [0.1, 0.15) is 200 Å². The molecule has 0 saturated heterocycles. The second-order valence-corrected chi connectivity index (χ2v) is 16.2. The zero-order valence-corrected chi connectivity index (χ0v) is 40.3. The molecule has 0 radical (unpaired) electrons. The summed E-state index contributed by atoms with van der Waals surface area (Å²) >= 11 is 0. The van der Waals surface area contributed by atoms with Gasteiger partial charge in [-0.05, 0) is 116 Å². The van der Waals surface area contributed by atoms with Crippen LogP contribution in [0.15, 0.2) is 134 Å². The third kappa shape index (κ3) is 50.6. The fraction of sp³-hybridized carbons (Fsp3) is 0.586. The highest BCUT2D eigenvalue weighted by Gasteiger charge is 2.16. The molecule has 0 rings (SSSR count). The number of unbranched alkanes of at least 4 members (excludes halogenated alkanes) is 14. The molecule has 0 aromatic rings. The van der Waals surface area contributed by atoms with Crippen molar-refractivity contribution in [3.05, 3.63) is 134 Å². The Labute approximate surface area is 387 Å². The average Bonchev–Trinajstić information content (AvgIpc) is 3.29. The SMILES string of the molecule is CC/C=C\C/C=C\C/C=C\C/C=C\C/C=C\C/C=C\C/C=C\C/C=C\C/C=C\C/C=C\CCCCC(=O)OC(CO)COC(=O)CCCCCCC/C=C\CCCCCCCCC. The van der Waals surface area contributed by atoms with Gasteiger partial charge in [-0.1, -0.05) is 205 Å². The summed E-state index contributed by atoms with van der Waals surface area (Å²) < 4.78 is 10.6.